The molecule has 1 unspecified atom stereocenters. The Morgan fingerprint density at radius 1 is 1.32 bits per heavy atom. The van der Waals surface area contributed by atoms with E-state index in [9.17, 15) is 0 Å². The van der Waals surface area contributed by atoms with Crippen molar-refractivity contribution < 1.29 is 0 Å². The Hall–Kier alpha value is -1.77. The van der Waals surface area contributed by atoms with Gasteiger partial charge >= 0.3 is 0 Å². The van der Waals surface area contributed by atoms with Crippen LogP contribution >= 0.6 is 0 Å². The van der Waals surface area contributed by atoms with Crippen molar-refractivity contribution in [3.8, 4) is 0 Å². The molecular formula is C16H21N3. The van der Waals surface area contributed by atoms with Crippen molar-refractivity contribution >= 4 is 22.3 Å². The summed E-state index contributed by atoms with van der Waals surface area (Å²) in [5.41, 5.74) is 9.33. The highest BCUT2D eigenvalue weighted by Crippen LogP contribution is 2.39. The van der Waals surface area contributed by atoms with Crippen LogP contribution in [0.15, 0.2) is 30.5 Å². The van der Waals surface area contributed by atoms with Crippen LogP contribution in [-0.4, -0.2) is 11.0 Å². The summed E-state index contributed by atoms with van der Waals surface area (Å²) in [5, 5.41) is 4.76. The van der Waals surface area contributed by atoms with Gasteiger partial charge in [0.15, 0.2) is 0 Å². The molecule has 0 amide bonds. The third-order valence-corrected chi connectivity index (χ3v) is 4.12. The zero-order valence-electron chi connectivity index (χ0n) is 11.6. The highest BCUT2D eigenvalue weighted by atomic mass is 15.0. The molecule has 3 heteroatoms. The van der Waals surface area contributed by atoms with Crippen LogP contribution in [0.1, 0.15) is 33.1 Å². The van der Waals surface area contributed by atoms with Crippen LogP contribution in [-0.2, 0) is 0 Å². The average Bonchev–Trinajstić information content (AvgIpc) is 2.72. The van der Waals surface area contributed by atoms with Gasteiger partial charge in [-0.1, -0.05) is 32.0 Å². The van der Waals surface area contributed by atoms with Crippen LogP contribution in [0.3, 0.4) is 0 Å². The first kappa shape index (κ1) is 12.3. The zero-order chi connectivity index (χ0) is 13.5. The topological polar surface area (TPSA) is 50.9 Å². The summed E-state index contributed by atoms with van der Waals surface area (Å²) >= 11 is 0. The maximum Gasteiger partial charge on any atom is 0.0743 e. The molecule has 0 saturated heterocycles. The molecular weight excluding hydrogens is 234 g/mol. The lowest BCUT2D eigenvalue weighted by Gasteiger charge is -2.20. The first-order valence-electron chi connectivity index (χ1n) is 6.95. The van der Waals surface area contributed by atoms with Crippen molar-refractivity contribution in [1.29, 1.82) is 0 Å². The van der Waals surface area contributed by atoms with E-state index in [1.165, 1.54) is 19.3 Å². The van der Waals surface area contributed by atoms with E-state index in [1.807, 2.05) is 18.2 Å². The lowest BCUT2D eigenvalue weighted by atomic mass is 9.92. The molecule has 1 saturated carbocycles. The minimum absolute atomic E-state index is 0.440. The number of hydrogen-bond donors (Lipinski definition) is 2. The molecule has 1 aliphatic rings. The number of nitrogens with one attached hydrogen (secondary N) is 1. The third-order valence-electron chi connectivity index (χ3n) is 4.12. The van der Waals surface area contributed by atoms with Gasteiger partial charge in [-0.25, -0.2) is 0 Å². The van der Waals surface area contributed by atoms with Crippen LogP contribution in [0, 0.1) is 5.41 Å². The standard InChI is InChI=1S/C16H21N3/c1-16(2)8-7-11(9-16)19-15-12-5-3-4-6-14(12)18-10-13(15)17/h3-6,10-11H,7-9,17H2,1-2H3,(H,18,19). The minimum atomic E-state index is 0.440. The highest BCUT2D eigenvalue weighted by Gasteiger charge is 2.31. The van der Waals surface area contributed by atoms with Crippen molar-refractivity contribution in [2.75, 3.05) is 11.1 Å². The Morgan fingerprint density at radius 2 is 2.11 bits per heavy atom. The maximum absolute atomic E-state index is 6.11. The number of fused-ring (bicyclic) bond motifs is 1. The summed E-state index contributed by atoms with van der Waals surface area (Å²) in [6.45, 7) is 4.67. The number of rotatable bonds is 2. The van der Waals surface area contributed by atoms with Gasteiger partial charge in [-0.05, 0) is 30.7 Å². The number of nitrogens with zero attached hydrogens (tertiary/aromatic N) is 1. The molecule has 3 N–H and O–H groups in total. The Balaban J connectivity index is 1.94. The molecule has 1 aliphatic carbocycles. The first-order chi connectivity index (χ1) is 9.05. The Labute approximate surface area is 114 Å². The summed E-state index contributed by atoms with van der Waals surface area (Å²) in [5.74, 6) is 0. The fraction of sp³-hybridized carbons (Fsp3) is 0.438. The smallest absolute Gasteiger partial charge is 0.0743 e. The van der Waals surface area contributed by atoms with Crippen LogP contribution in [0.25, 0.3) is 10.9 Å². The van der Waals surface area contributed by atoms with E-state index in [4.69, 9.17) is 5.73 Å². The molecule has 1 atom stereocenters. The molecule has 0 radical (unpaired) electrons. The number of nitrogens with two attached hydrogens (primary N) is 1. The molecule has 0 spiro atoms. The van der Waals surface area contributed by atoms with Crippen molar-refractivity contribution in [2.45, 2.75) is 39.2 Å². The number of aromatic nitrogens is 1. The number of nitrogen functional groups attached to an aromatic ring is 1. The van der Waals surface area contributed by atoms with E-state index in [-0.39, 0.29) is 0 Å². The van der Waals surface area contributed by atoms with E-state index in [1.54, 1.807) is 6.20 Å². The Bertz CT molecular complexity index is 604. The van der Waals surface area contributed by atoms with Gasteiger partial charge in [-0.15, -0.1) is 0 Å². The fourth-order valence-corrected chi connectivity index (χ4v) is 3.08. The summed E-state index contributed by atoms with van der Waals surface area (Å²) in [4.78, 5) is 4.38. The molecule has 1 aromatic heterocycles. The van der Waals surface area contributed by atoms with Crippen LogP contribution < -0.4 is 11.1 Å². The Morgan fingerprint density at radius 3 is 2.84 bits per heavy atom. The van der Waals surface area contributed by atoms with Gasteiger partial charge in [0.05, 0.1) is 23.1 Å². The molecule has 1 aromatic carbocycles. The summed E-state index contributed by atoms with van der Waals surface area (Å²) < 4.78 is 0. The fourth-order valence-electron chi connectivity index (χ4n) is 3.08. The summed E-state index contributed by atoms with van der Waals surface area (Å²) in [7, 11) is 0. The van der Waals surface area contributed by atoms with Gasteiger partial charge in [-0.2, -0.15) is 0 Å². The molecule has 3 rings (SSSR count). The second-order valence-electron chi connectivity index (χ2n) is 6.35. The number of hydrogen-bond acceptors (Lipinski definition) is 3. The lowest BCUT2D eigenvalue weighted by molar-refractivity contribution is 0.378. The van der Waals surface area contributed by atoms with Crippen LogP contribution in [0.5, 0.6) is 0 Å². The second kappa shape index (κ2) is 4.41. The van der Waals surface area contributed by atoms with Gasteiger partial charge in [0.1, 0.15) is 0 Å². The summed E-state index contributed by atoms with van der Waals surface area (Å²) in [6.07, 6.45) is 5.44. The van der Waals surface area contributed by atoms with Gasteiger partial charge in [0.25, 0.3) is 0 Å². The predicted octanol–water partition coefficient (Wildman–Crippen LogP) is 3.81. The number of anilines is 2. The molecule has 100 valence electrons. The van der Waals surface area contributed by atoms with Gasteiger partial charge in [0.2, 0.25) is 0 Å². The monoisotopic (exact) mass is 255 g/mol. The van der Waals surface area contributed by atoms with E-state index in [2.05, 4.69) is 30.2 Å². The van der Waals surface area contributed by atoms with E-state index in [0.29, 0.717) is 11.5 Å². The molecule has 1 heterocycles. The second-order valence-corrected chi connectivity index (χ2v) is 6.35. The minimum Gasteiger partial charge on any atom is -0.396 e. The average molecular weight is 255 g/mol. The van der Waals surface area contributed by atoms with Gasteiger partial charge in [0, 0.05) is 11.4 Å². The molecule has 1 fully saturated rings. The Kier molecular flexibility index (Phi) is 2.85. The van der Waals surface area contributed by atoms with E-state index in [0.717, 1.165) is 22.3 Å². The van der Waals surface area contributed by atoms with Crippen molar-refractivity contribution in [1.82, 2.24) is 4.98 Å². The van der Waals surface area contributed by atoms with E-state index < -0.39 is 0 Å². The quantitative estimate of drug-likeness (QED) is 0.858. The summed E-state index contributed by atoms with van der Waals surface area (Å²) in [6, 6.07) is 8.67. The van der Waals surface area contributed by atoms with Crippen LogP contribution in [0.2, 0.25) is 0 Å². The third kappa shape index (κ3) is 2.37. The molecule has 3 nitrogen and oxygen atoms in total. The van der Waals surface area contributed by atoms with Crippen molar-refractivity contribution in [3.05, 3.63) is 30.5 Å². The van der Waals surface area contributed by atoms with Gasteiger partial charge in [-0.3, -0.25) is 4.98 Å². The SMILES string of the molecule is CC1(C)CCC(Nc2c(N)cnc3ccccc23)C1. The van der Waals surface area contributed by atoms with Crippen molar-refractivity contribution in [2.24, 2.45) is 5.41 Å². The highest BCUT2D eigenvalue weighted by molar-refractivity contribution is 5.96. The van der Waals surface area contributed by atoms with Crippen LogP contribution in [0.4, 0.5) is 11.4 Å². The number of pyridine rings is 1. The largest absolute Gasteiger partial charge is 0.396 e. The van der Waals surface area contributed by atoms with Gasteiger partial charge < -0.3 is 11.1 Å². The molecule has 2 aromatic rings. The van der Waals surface area contributed by atoms with E-state index >= 15 is 0 Å². The lowest BCUT2D eigenvalue weighted by Crippen LogP contribution is -2.18. The number of benzene rings is 1. The van der Waals surface area contributed by atoms with Crippen molar-refractivity contribution in [3.63, 3.8) is 0 Å². The predicted molar refractivity (Wildman–Crippen MR) is 81.2 cm³/mol. The molecule has 0 aliphatic heterocycles. The maximum atomic E-state index is 6.11. The number of para-hydroxylation sites is 1. The molecule has 19 heavy (non-hydrogen) atoms. The molecule has 0 bridgehead atoms. The normalized spacial score (nSPS) is 21.7. The first-order valence-corrected chi connectivity index (χ1v) is 6.95. The zero-order valence-corrected chi connectivity index (χ0v) is 11.6.